The van der Waals surface area contributed by atoms with Gasteiger partial charge in [0.1, 0.15) is 5.75 Å². The van der Waals surface area contributed by atoms with Gasteiger partial charge in [0.15, 0.2) is 0 Å². The minimum absolute atomic E-state index is 0.166. The van der Waals surface area contributed by atoms with E-state index in [4.69, 9.17) is 10.5 Å². The molecule has 8 heteroatoms. The second-order valence-electron chi connectivity index (χ2n) is 4.44. The first-order valence-corrected chi connectivity index (χ1v) is 8.00. The Morgan fingerprint density at radius 1 is 1.33 bits per heavy atom. The van der Waals surface area contributed by atoms with Gasteiger partial charge in [0.05, 0.1) is 18.0 Å². The lowest BCUT2D eigenvalue weighted by Gasteiger charge is -2.10. The van der Waals surface area contributed by atoms with E-state index in [9.17, 15) is 13.2 Å². The number of nitrogens with two attached hydrogens (primary N) is 1. The molecular weight excluding hydrogens is 294 g/mol. The zero-order chi connectivity index (χ0) is 15.9. The van der Waals surface area contributed by atoms with Crippen molar-refractivity contribution in [1.82, 2.24) is 10.0 Å². The molecule has 0 saturated heterocycles. The Labute approximate surface area is 124 Å². The van der Waals surface area contributed by atoms with Crippen molar-refractivity contribution in [2.24, 2.45) is 5.73 Å². The number of ether oxygens (including phenoxy) is 1. The molecule has 0 aliphatic heterocycles. The molecule has 0 saturated carbocycles. The number of carbonyl (C=O) groups excluding carboxylic acids is 1. The second-order valence-corrected chi connectivity index (χ2v) is 6.20. The molecule has 4 N–H and O–H groups in total. The number of likely N-dealkylation sites (N-methyl/N-ethyl adjacent to an activating group) is 1. The van der Waals surface area contributed by atoms with Gasteiger partial charge >= 0.3 is 0 Å². The van der Waals surface area contributed by atoms with Crippen LogP contribution in [0, 0.1) is 0 Å². The number of hydrogen-bond acceptors (Lipinski definition) is 5. The highest BCUT2D eigenvalue weighted by Gasteiger charge is 2.15. The van der Waals surface area contributed by atoms with Gasteiger partial charge in [0, 0.05) is 13.6 Å². The summed E-state index contributed by atoms with van der Waals surface area (Å²) in [5, 5.41) is 2.44. The van der Waals surface area contributed by atoms with Crippen molar-refractivity contribution in [3.05, 3.63) is 24.3 Å². The topological polar surface area (TPSA) is 111 Å². The predicted octanol–water partition coefficient (Wildman–Crippen LogP) is -0.173. The molecule has 0 aliphatic rings. The van der Waals surface area contributed by atoms with Gasteiger partial charge in [0.2, 0.25) is 15.9 Å². The van der Waals surface area contributed by atoms with Gasteiger partial charge in [-0.25, -0.2) is 13.1 Å². The van der Waals surface area contributed by atoms with Gasteiger partial charge in [-0.1, -0.05) is 0 Å². The molecule has 0 heterocycles. The van der Waals surface area contributed by atoms with Crippen molar-refractivity contribution < 1.29 is 17.9 Å². The third kappa shape index (κ3) is 5.33. The molecule has 0 radical (unpaired) electrons. The summed E-state index contributed by atoms with van der Waals surface area (Å²) in [5.41, 5.74) is 5.62. The minimum atomic E-state index is -3.56. The summed E-state index contributed by atoms with van der Waals surface area (Å²) in [6, 6.07) is 5.47. The quantitative estimate of drug-likeness (QED) is 0.577. The molecule has 1 aromatic rings. The van der Waals surface area contributed by atoms with E-state index in [0.717, 1.165) is 0 Å². The summed E-state index contributed by atoms with van der Waals surface area (Å²) in [7, 11) is -0.536. The Kier molecular flexibility index (Phi) is 6.60. The van der Waals surface area contributed by atoms with E-state index in [0.29, 0.717) is 18.6 Å². The van der Waals surface area contributed by atoms with Crippen LogP contribution in [0.4, 0.5) is 0 Å². The fourth-order valence-corrected chi connectivity index (χ4v) is 2.76. The van der Waals surface area contributed by atoms with Crippen LogP contribution in [0.2, 0.25) is 0 Å². The summed E-state index contributed by atoms with van der Waals surface area (Å²) >= 11 is 0. The van der Waals surface area contributed by atoms with Crippen LogP contribution in [-0.2, 0) is 14.8 Å². The van der Waals surface area contributed by atoms with E-state index < -0.39 is 16.1 Å². The van der Waals surface area contributed by atoms with Crippen LogP contribution in [0.25, 0.3) is 0 Å². The molecule has 0 fully saturated rings. The van der Waals surface area contributed by atoms with Crippen molar-refractivity contribution in [1.29, 1.82) is 0 Å². The Hall–Kier alpha value is -1.64. The fourth-order valence-electron chi connectivity index (χ4n) is 1.68. The number of amides is 1. The normalized spacial score (nSPS) is 12.7. The third-order valence-corrected chi connectivity index (χ3v) is 4.41. The highest BCUT2D eigenvalue weighted by molar-refractivity contribution is 7.89. The van der Waals surface area contributed by atoms with Crippen LogP contribution < -0.4 is 20.5 Å². The largest absolute Gasteiger partial charge is 0.497 e. The molecule has 1 rings (SSSR count). The Bertz CT molecular complexity index is 557. The lowest BCUT2D eigenvalue weighted by molar-refractivity contribution is -0.122. The standard InChI is InChI=1S/C13H21N3O4S/c1-15-13(17)12(14)4-3-9-16-21(18,19)11-7-5-10(20-2)6-8-11/h5-8,12,16H,3-4,9,14H2,1-2H3,(H,15,17)/t12-/m0/s1. The lowest BCUT2D eigenvalue weighted by atomic mass is 10.1. The summed E-state index contributed by atoms with van der Waals surface area (Å²) in [6.45, 7) is 0.221. The predicted molar refractivity (Wildman–Crippen MR) is 79.5 cm³/mol. The van der Waals surface area contributed by atoms with Crippen LogP contribution in [0.15, 0.2) is 29.2 Å². The van der Waals surface area contributed by atoms with Crippen molar-refractivity contribution >= 4 is 15.9 Å². The number of benzene rings is 1. The summed E-state index contributed by atoms with van der Waals surface area (Å²) in [6.07, 6.45) is 0.884. The monoisotopic (exact) mass is 315 g/mol. The molecule has 0 unspecified atom stereocenters. The van der Waals surface area contributed by atoms with Crippen LogP contribution in [0.1, 0.15) is 12.8 Å². The van der Waals surface area contributed by atoms with E-state index in [2.05, 4.69) is 10.0 Å². The zero-order valence-corrected chi connectivity index (χ0v) is 12.9. The van der Waals surface area contributed by atoms with E-state index in [-0.39, 0.29) is 17.3 Å². The highest BCUT2D eigenvalue weighted by Crippen LogP contribution is 2.15. The van der Waals surface area contributed by atoms with E-state index >= 15 is 0 Å². The van der Waals surface area contributed by atoms with Gasteiger partial charge in [-0.2, -0.15) is 0 Å². The summed E-state index contributed by atoms with van der Waals surface area (Å²) < 4.78 is 31.5. The third-order valence-electron chi connectivity index (χ3n) is 2.94. The van der Waals surface area contributed by atoms with Gasteiger partial charge in [-0.15, -0.1) is 0 Å². The van der Waals surface area contributed by atoms with Crippen molar-refractivity contribution in [2.45, 2.75) is 23.8 Å². The smallest absolute Gasteiger partial charge is 0.240 e. The van der Waals surface area contributed by atoms with Crippen molar-refractivity contribution in [3.8, 4) is 5.75 Å². The van der Waals surface area contributed by atoms with E-state index in [1.165, 1.54) is 26.3 Å². The maximum absolute atomic E-state index is 12.0. The average Bonchev–Trinajstić information content (AvgIpc) is 2.50. The Balaban J connectivity index is 2.48. The van der Waals surface area contributed by atoms with Crippen molar-refractivity contribution in [3.63, 3.8) is 0 Å². The number of nitrogens with one attached hydrogen (secondary N) is 2. The molecule has 0 aromatic heterocycles. The van der Waals surface area contributed by atoms with Crippen molar-refractivity contribution in [2.75, 3.05) is 20.7 Å². The number of sulfonamides is 1. The number of hydrogen-bond donors (Lipinski definition) is 3. The minimum Gasteiger partial charge on any atom is -0.497 e. The van der Waals surface area contributed by atoms with Gasteiger partial charge in [-0.3, -0.25) is 4.79 Å². The number of carbonyl (C=O) groups is 1. The van der Waals surface area contributed by atoms with Gasteiger partial charge in [0.25, 0.3) is 0 Å². The number of rotatable bonds is 8. The van der Waals surface area contributed by atoms with Gasteiger partial charge in [-0.05, 0) is 37.1 Å². The fraction of sp³-hybridized carbons (Fsp3) is 0.462. The molecule has 0 bridgehead atoms. The van der Waals surface area contributed by atoms with Gasteiger partial charge < -0.3 is 15.8 Å². The first-order valence-electron chi connectivity index (χ1n) is 6.51. The molecule has 0 aliphatic carbocycles. The van der Waals surface area contributed by atoms with E-state index in [1.54, 1.807) is 12.1 Å². The summed E-state index contributed by atoms with van der Waals surface area (Å²) in [4.78, 5) is 11.4. The molecule has 21 heavy (non-hydrogen) atoms. The maximum Gasteiger partial charge on any atom is 0.240 e. The Morgan fingerprint density at radius 3 is 2.48 bits per heavy atom. The lowest BCUT2D eigenvalue weighted by Crippen LogP contribution is -2.39. The first kappa shape index (κ1) is 17.4. The van der Waals surface area contributed by atoms with Crippen LogP contribution in [0.3, 0.4) is 0 Å². The molecular formula is C13H21N3O4S. The summed E-state index contributed by atoms with van der Waals surface area (Å²) in [5.74, 6) is 0.332. The van der Waals surface area contributed by atoms with Crippen LogP contribution in [0.5, 0.6) is 5.75 Å². The second kappa shape index (κ2) is 7.96. The first-order chi connectivity index (χ1) is 9.90. The maximum atomic E-state index is 12.0. The molecule has 1 aromatic carbocycles. The SMILES string of the molecule is CNC(=O)[C@@H](N)CCCNS(=O)(=O)c1ccc(OC)cc1. The zero-order valence-electron chi connectivity index (χ0n) is 12.1. The highest BCUT2D eigenvalue weighted by atomic mass is 32.2. The van der Waals surface area contributed by atoms with E-state index in [1.807, 2.05) is 0 Å². The average molecular weight is 315 g/mol. The molecule has 7 nitrogen and oxygen atoms in total. The number of methoxy groups -OCH3 is 1. The molecule has 1 amide bonds. The molecule has 0 spiro atoms. The molecule has 1 atom stereocenters. The van der Waals surface area contributed by atoms with Crippen LogP contribution in [-0.4, -0.2) is 41.1 Å². The molecule has 118 valence electrons. The van der Waals surface area contributed by atoms with Crippen LogP contribution >= 0.6 is 0 Å². The Morgan fingerprint density at radius 2 is 1.95 bits per heavy atom.